The number of ketones is 1. The highest BCUT2D eigenvalue weighted by atomic mass is 16.5. The Balaban J connectivity index is 2.11. The molecule has 0 aromatic heterocycles. The molecule has 1 aliphatic rings. The molecule has 0 N–H and O–H groups in total. The lowest BCUT2D eigenvalue weighted by Crippen LogP contribution is -2.34. The van der Waals surface area contributed by atoms with Crippen molar-refractivity contribution in [1.82, 2.24) is 0 Å². The highest BCUT2D eigenvalue weighted by Crippen LogP contribution is 2.43. The molecule has 6 nitrogen and oxygen atoms in total. The van der Waals surface area contributed by atoms with Crippen molar-refractivity contribution < 1.29 is 28.5 Å². The molecule has 0 bridgehead atoms. The Labute approximate surface area is 176 Å². The van der Waals surface area contributed by atoms with E-state index in [1.54, 1.807) is 34.3 Å². The first-order chi connectivity index (χ1) is 14.5. The number of carbonyl (C=O) groups is 2. The van der Waals surface area contributed by atoms with Crippen molar-refractivity contribution in [3.05, 3.63) is 59.7 Å². The van der Waals surface area contributed by atoms with Gasteiger partial charge in [0, 0.05) is 17.5 Å². The van der Waals surface area contributed by atoms with E-state index in [-0.39, 0.29) is 12.4 Å². The number of esters is 1. The number of carbonyl (C=O) groups excluding carboxylic acids is 2. The van der Waals surface area contributed by atoms with Crippen molar-refractivity contribution in [2.75, 3.05) is 27.9 Å². The summed E-state index contributed by atoms with van der Waals surface area (Å²) in [7, 11) is 4.72. The van der Waals surface area contributed by atoms with Crippen LogP contribution in [0.2, 0.25) is 0 Å². The van der Waals surface area contributed by atoms with E-state index in [1.807, 2.05) is 36.4 Å². The zero-order valence-electron chi connectivity index (χ0n) is 17.6. The molecule has 6 heteroatoms. The van der Waals surface area contributed by atoms with Crippen LogP contribution in [-0.4, -0.2) is 39.7 Å². The Hall–Kier alpha value is -3.28. The zero-order chi connectivity index (χ0) is 21.7. The van der Waals surface area contributed by atoms with Crippen molar-refractivity contribution in [2.24, 2.45) is 5.92 Å². The molecule has 0 aliphatic heterocycles. The smallest absolute Gasteiger partial charge is 0.317 e. The largest absolute Gasteiger partial charge is 0.497 e. The Kier molecular flexibility index (Phi) is 6.77. The molecule has 0 saturated heterocycles. The van der Waals surface area contributed by atoms with Gasteiger partial charge in [-0.15, -0.1) is 0 Å². The van der Waals surface area contributed by atoms with E-state index < -0.39 is 17.8 Å². The molecule has 0 radical (unpaired) electrons. The summed E-state index contributed by atoms with van der Waals surface area (Å²) in [5.41, 5.74) is 2.42. The molecular weight excluding hydrogens is 384 g/mol. The summed E-state index contributed by atoms with van der Waals surface area (Å²) in [6.07, 6.45) is 2.00. The van der Waals surface area contributed by atoms with Crippen LogP contribution in [0.1, 0.15) is 30.4 Å². The van der Waals surface area contributed by atoms with Gasteiger partial charge in [0.05, 0.1) is 27.9 Å². The van der Waals surface area contributed by atoms with Crippen molar-refractivity contribution in [3.63, 3.8) is 0 Å². The zero-order valence-corrected chi connectivity index (χ0v) is 17.6. The van der Waals surface area contributed by atoms with Crippen molar-refractivity contribution in [2.45, 2.75) is 19.3 Å². The predicted molar refractivity (Wildman–Crippen MR) is 113 cm³/mol. The Morgan fingerprint density at radius 3 is 2.27 bits per heavy atom. The van der Waals surface area contributed by atoms with Gasteiger partial charge in [0.1, 0.15) is 23.2 Å². The molecule has 0 heterocycles. The Morgan fingerprint density at radius 1 is 1.00 bits per heavy atom. The van der Waals surface area contributed by atoms with Gasteiger partial charge in [-0.25, -0.2) is 0 Å². The molecule has 0 fully saturated rings. The van der Waals surface area contributed by atoms with Crippen molar-refractivity contribution >= 4 is 17.3 Å². The lowest BCUT2D eigenvalue weighted by molar-refractivity contribution is -0.151. The number of para-hydroxylation sites is 1. The van der Waals surface area contributed by atoms with Crippen LogP contribution in [0.15, 0.2) is 48.5 Å². The predicted octanol–water partition coefficient (Wildman–Crippen LogP) is 4.03. The topological polar surface area (TPSA) is 71.1 Å². The fourth-order valence-electron chi connectivity index (χ4n) is 3.84. The molecular formula is C24H26O6. The SMILES string of the molecule is CCOC(=O)[C@@H]1C(=O)C=C(c2ccccc2OC)C[C@@H]1c1cc(OC)cc(OC)c1. The van der Waals surface area contributed by atoms with Crippen LogP contribution in [0, 0.1) is 5.92 Å². The molecule has 2 aromatic rings. The molecule has 0 saturated carbocycles. The van der Waals surface area contributed by atoms with Crippen LogP contribution < -0.4 is 14.2 Å². The minimum atomic E-state index is -0.930. The second kappa shape index (κ2) is 9.48. The second-order valence-corrected chi connectivity index (χ2v) is 6.96. The molecule has 2 aromatic carbocycles. The summed E-state index contributed by atoms with van der Waals surface area (Å²) in [4.78, 5) is 25.8. The normalized spacial score (nSPS) is 18.4. The maximum absolute atomic E-state index is 13.1. The number of benzene rings is 2. The van der Waals surface area contributed by atoms with Crippen LogP contribution in [0.3, 0.4) is 0 Å². The maximum Gasteiger partial charge on any atom is 0.317 e. The fraction of sp³-hybridized carbons (Fsp3) is 0.333. The lowest BCUT2D eigenvalue weighted by atomic mass is 9.73. The molecule has 1 aliphatic carbocycles. The highest BCUT2D eigenvalue weighted by molar-refractivity contribution is 6.11. The molecule has 3 rings (SSSR count). The number of methoxy groups -OCH3 is 3. The summed E-state index contributed by atoms with van der Waals surface area (Å²) in [6.45, 7) is 1.94. The van der Waals surface area contributed by atoms with E-state index in [1.165, 1.54) is 6.08 Å². The second-order valence-electron chi connectivity index (χ2n) is 6.96. The standard InChI is InChI=1S/C24H26O6/c1-5-30-24(26)23-20(15-10-17(27-2)14-18(11-15)28-3)12-16(13-21(23)25)19-8-6-7-9-22(19)29-4/h6-11,13-14,20,23H,5,12H2,1-4H3/t20-,23+/m1/s1. The molecule has 0 unspecified atom stereocenters. The van der Waals surface area contributed by atoms with Gasteiger partial charge in [0.15, 0.2) is 5.78 Å². The highest BCUT2D eigenvalue weighted by Gasteiger charge is 2.40. The molecule has 0 spiro atoms. The van der Waals surface area contributed by atoms with Gasteiger partial charge in [-0.05, 0) is 48.8 Å². The van der Waals surface area contributed by atoms with E-state index in [0.29, 0.717) is 23.7 Å². The number of ether oxygens (including phenoxy) is 4. The Morgan fingerprint density at radius 2 is 1.67 bits per heavy atom. The average molecular weight is 410 g/mol. The minimum absolute atomic E-state index is 0.208. The van der Waals surface area contributed by atoms with Crippen LogP contribution in [0.5, 0.6) is 17.2 Å². The quantitative estimate of drug-likeness (QED) is 0.507. The van der Waals surface area contributed by atoms with Crippen LogP contribution in [-0.2, 0) is 14.3 Å². The van der Waals surface area contributed by atoms with Crippen molar-refractivity contribution in [1.29, 1.82) is 0 Å². The average Bonchev–Trinajstić information content (AvgIpc) is 2.78. The van der Waals surface area contributed by atoms with Crippen LogP contribution >= 0.6 is 0 Å². The van der Waals surface area contributed by atoms with Gasteiger partial charge in [-0.1, -0.05) is 18.2 Å². The number of hydrogen-bond acceptors (Lipinski definition) is 6. The maximum atomic E-state index is 13.1. The van der Waals surface area contributed by atoms with E-state index in [9.17, 15) is 9.59 Å². The first-order valence-electron chi connectivity index (χ1n) is 9.79. The minimum Gasteiger partial charge on any atom is -0.497 e. The fourth-order valence-corrected chi connectivity index (χ4v) is 3.84. The molecule has 0 amide bonds. The van der Waals surface area contributed by atoms with Gasteiger partial charge in [-0.2, -0.15) is 0 Å². The molecule has 30 heavy (non-hydrogen) atoms. The Bertz CT molecular complexity index is 940. The van der Waals surface area contributed by atoms with Crippen molar-refractivity contribution in [3.8, 4) is 17.2 Å². The third kappa shape index (κ3) is 4.32. The van der Waals surface area contributed by atoms with Crippen LogP contribution in [0.4, 0.5) is 0 Å². The van der Waals surface area contributed by atoms with Gasteiger partial charge < -0.3 is 18.9 Å². The summed E-state index contributed by atoms with van der Waals surface area (Å²) >= 11 is 0. The van der Waals surface area contributed by atoms with Gasteiger partial charge in [0.25, 0.3) is 0 Å². The molecule has 2 atom stereocenters. The van der Waals surface area contributed by atoms with Gasteiger partial charge in [0.2, 0.25) is 0 Å². The number of hydrogen-bond donors (Lipinski definition) is 0. The summed E-state index contributed by atoms with van der Waals surface area (Å²) < 4.78 is 21.5. The first-order valence-corrected chi connectivity index (χ1v) is 9.79. The van der Waals surface area contributed by atoms with E-state index in [0.717, 1.165) is 16.7 Å². The molecule has 158 valence electrons. The first kappa shape index (κ1) is 21.4. The van der Waals surface area contributed by atoms with Gasteiger partial charge in [-0.3, -0.25) is 9.59 Å². The number of allylic oxidation sites excluding steroid dienone is 2. The lowest BCUT2D eigenvalue weighted by Gasteiger charge is -2.30. The summed E-state index contributed by atoms with van der Waals surface area (Å²) in [5, 5.41) is 0. The van der Waals surface area contributed by atoms with E-state index >= 15 is 0 Å². The van der Waals surface area contributed by atoms with Crippen LogP contribution in [0.25, 0.3) is 5.57 Å². The van der Waals surface area contributed by atoms with E-state index in [4.69, 9.17) is 18.9 Å². The summed E-state index contributed by atoms with van der Waals surface area (Å²) in [6, 6.07) is 12.9. The third-order valence-electron chi connectivity index (χ3n) is 5.26. The monoisotopic (exact) mass is 410 g/mol. The summed E-state index contributed by atoms with van der Waals surface area (Å²) in [5.74, 6) is -0.309. The number of rotatable bonds is 7. The van der Waals surface area contributed by atoms with Gasteiger partial charge >= 0.3 is 5.97 Å². The van der Waals surface area contributed by atoms with E-state index in [2.05, 4.69) is 0 Å². The third-order valence-corrected chi connectivity index (χ3v) is 5.26.